The minimum atomic E-state index is -1.93. The number of likely N-dealkylation sites (tertiary alicyclic amines) is 1. The Balaban J connectivity index is 1.34. The number of halogens is 1. The Morgan fingerprint density at radius 2 is 1.83 bits per heavy atom. The van der Waals surface area contributed by atoms with E-state index in [4.69, 9.17) is 0 Å². The lowest BCUT2D eigenvalue weighted by molar-refractivity contribution is -0.153. The molecule has 3 N–H and O–H groups in total. The second-order valence-electron chi connectivity index (χ2n) is 8.32. The van der Waals surface area contributed by atoms with Crippen molar-refractivity contribution in [3.05, 3.63) is 81.8 Å². The van der Waals surface area contributed by atoms with Crippen LogP contribution in [0.5, 0.6) is 0 Å². The molecule has 35 heavy (non-hydrogen) atoms. The van der Waals surface area contributed by atoms with Crippen molar-refractivity contribution < 1.29 is 24.2 Å². The second kappa shape index (κ2) is 10.8. The molecule has 2 aromatic carbocycles. The highest BCUT2D eigenvalue weighted by atomic mass is 32.1. The summed E-state index contributed by atoms with van der Waals surface area (Å²) in [5, 5.41) is 34.3. The van der Waals surface area contributed by atoms with E-state index in [0.717, 1.165) is 22.3 Å². The Kier molecular flexibility index (Phi) is 7.56. The molecule has 0 radical (unpaired) electrons. The average Bonchev–Trinajstić information content (AvgIpc) is 3.56. The fraction of sp³-hybridized carbons (Fsp3) is 0.269. The molecule has 1 aliphatic heterocycles. The summed E-state index contributed by atoms with van der Waals surface area (Å²) in [6.07, 6.45) is -2.51. The van der Waals surface area contributed by atoms with Crippen molar-refractivity contribution in [2.24, 2.45) is 0 Å². The number of thiophene rings is 1. The van der Waals surface area contributed by atoms with E-state index in [0.29, 0.717) is 24.3 Å². The molecule has 1 unspecified atom stereocenters. The van der Waals surface area contributed by atoms with Crippen LogP contribution < -0.4 is 5.32 Å². The van der Waals surface area contributed by atoms with Gasteiger partial charge in [0.05, 0.1) is 6.04 Å². The number of aliphatic hydroxyl groups excluding tert-OH is 2. The number of hydrogen-bond donors (Lipinski definition) is 3. The van der Waals surface area contributed by atoms with E-state index in [1.54, 1.807) is 24.3 Å². The lowest BCUT2D eigenvalue weighted by atomic mass is 10.0. The van der Waals surface area contributed by atoms with Gasteiger partial charge in [-0.2, -0.15) is 5.26 Å². The lowest BCUT2D eigenvalue weighted by Gasteiger charge is -2.28. The van der Waals surface area contributed by atoms with Crippen molar-refractivity contribution in [2.75, 3.05) is 6.54 Å². The zero-order valence-corrected chi connectivity index (χ0v) is 19.5. The number of amides is 2. The van der Waals surface area contributed by atoms with Crippen LogP contribution in [0.1, 0.15) is 34.9 Å². The standard InChI is InChI=1S/C26H24FN3O4S/c27-19-9-7-18(8-10-19)21-2-1-12-30(21)26(34)24(32)23(31)25(33)29-15-16-3-5-17(6-4-16)20-11-13-35-22(20)14-28/h3-11,13,21,23-24,31-32H,1-2,12,15H2,(H,29,33)/t21-,23?,24+/m1/s1. The quantitative estimate of drug-likeness (QED) is 0.468. The Hall–Kier alpha value is -3.58. The Bertz CT molecular complexity index is 1240. The van der Waals surface area contributed by atoms with Crippen LogP contribution in [-0.2, 0) is 16.1 Å². The molecule has 2 heterocycles. The second-order valence-corrected chi connectivity index (χ2v) is 9.24. The molecule has 1 saturated heterocycles. The van der Waals surface area contributed by atoms with Gasteiger partial charge in [-0.3, -0.25) is 9.59 Å². The molecule has 3 atom stereocenters. The summed E-state index contributed by atoms with van der Waals surface area (Å²) in [5.74, 6) is -1.99. The first-order valence-electron chi connectivity index (χ1n) is 11.2. The third-order valence-corrected chi connectivity index (χ3v) is 6.93. The highest BCUT2D eigenvalue weighted by Crippen LogP contribution is 2.33. The SMILES string of the molecule is N#Cc1sccc1-c1ccc(CNC(=O)C(O)[C@H](O)C(=O)N2CCC[C@@H]2c2ccc(F)cc2)cc1. The van der Waals surface area contributed by atoms with Gasteiger partial charge >= 0.3 is 0 Å². The fourth-order valence-corrected chi connectivity index (χ4v) is 4.94. The van der Waals surface area contributed by atoms with Gasteiger partial charge in [0.2, 0.25) is 0 Å². The summed E-state index contributed by atoms with van der Waals surface area (Å²) in [5.41, 5.74) is 3.20. The van der Waals surface area contributed by atoms with Crippen molar-refractivity contribution in [1.82, 2.24) is 10.2 Å². The molecule has 0 spiro atoms. The maximum atomic E-state index is 13.3. The third-order valence-electron chi connectivity index (χ3n) is 6.11. The average molecular weight is 494 g/mol. The summed E-state index contributed by atoms with van der Waals surface area (Å²) in [4.78, 5) is 27.3. The smallest absolute Gasteiger partial charge is 0.255 e. The van der Waals surface area contributed by atoms with Crippen LogP contribution in [0.2, 0.25) is 0 Å². The lowest BCUT2D eigenvalue weighted by Crippen LogP contribution is -2.50. The topological polar surface area (TPSA) is 114 Å². The van der Waals surface area contributed by atoms with Gasteiger partial charge < -0.3 is 20.4 Å². The predicted molar refractivity (Wildman–Crippen MR) is 128 cm³/mol. The van der Waals surface area contributed by atoms with Crippen LogP contribution in [0.15, 0.2) is 60.0 Å². The van der Waals surface area contributed by atoms with Crippen LogP contribution >= 0.6 is 11.3 Å². The molecule has 2 amide bonds. The largest absolute Gasteiger partial charge is 0.380 e. The number of aliphatic hydroxyl groups is 2. The number of carbonyl (C=O) groups is 2. The molecule has 3 aromatic rings. The van der Waals surface area contributed by atoms with Gasteiger partial charge in [-0.25, -0.2) is 4.39 Å². The van der Waals surface area contributed by atoms with Crippen molar-refractivity contribution in [1.29, 1.82) is 5.26 Å². The molecular weight excluding hydrogens is 469 g/mol. The van der Waals surface area contributed by atoms with Gasteiger partial charge in [-0.1, -0.05) is 36.4 Å². The van der Waals surface area contributed by atoms with Crippen molar-refractivity contribution in [3.63, 3.8) is 0 Å². The minimum Gasteiger partial charge on any atom is -0.380 e. The van der Waals surface area contributed by atoms with Crippen LogP contribution in [0, 0.1) is 17.1 Å². The molecule has 4 rings (SSSR count). The van der Waals surface area contributed by atoms with Crippen molar-refractivity contribution in [3.8, 4) is 17.2 Å². The van der Waals surface area contributed by atoms with E-state index in [2.05, 4.69) is 11.4 Å². The molecule has 7 nitrogen and oxygen atoms in total. The van der Waals surface area contributed by atoms with Gasteiger partial charge in [0, 0.05) is 18.7 Å². The summed E-state index contributed by atoms with van der Waals surface area (Å²) in [7, 11) is 0. The molecule has 9 heteroatoms. The highest BCUT2D eigenvalue weighted by Gasteiger charge is 2.38. The molecule has 0 bridgehead atoms. The number of rotatable bonds is 7. The van der Waals surface area contributed by atoms with E-state index in [1.807, 2.05) is 23.6 Å². The van der Waals surface area contributed by atoms with Gasteiger partial charge in [-0.05, 0) is 53.1 Å². The van der Waals surface area contributed by atoms with Crippen LogP contribution in [-0.4, -0.2) is 45.7 Å². The van der Waals surface area contributed by atoms with Crippen molar-refractivity contribution in [2.45, 2.75) is 37.6 Å². The minimum absolute atomic E-state index is 0.0910. The normalized spacial score (nSPS) is 17.0. The number of benzene rings is 2. The van der Waals surface area contributed by atoms with E-state index in [9.17, 15) is 29.5 Å². The highest BCUT2D eigenvalue weighted by molar-refractivity contribution is 7.11. The van der Waals surface area contributed by atoms with Gasteiger partial charge in [0.25, 0.3) is 11.8 Å². The number of nitrogens with one attached hydrogen (secondary N) is 1. The van der Waals surface area contributed by atoms with Gasteiger partial charge in [0.15, 0.2) is 12.2 Å². The van der Waals surface area contributed by atoms with Gasteiger partial charge in [-0.15, -0.1) is 11.3 Å². The maximum Gasteiger partial charge on any atom is 0.255 e. The van der Waals surface area contributed by atoms with Crippen LogP contribution in [0.3, 0.4) is 0 Å². The molecule has 0 aliphatic carbocycles. The summed E-state index contributed by atoms with van der Waals surface area (Å²) in [6, 6.07) is 16.7. The first kappa shape index (κ1) is 24.5. The molecule has 1 aliphatic rings. The van der Waals surface area contributed by atoms with Crippen LogP contribution in [0.4, 0.5) is 4.39 Å². The number of nitriles is 1. The van der Waals surface area contributed by atoms with Crippen molar-refractivity contribution >= 4 is 23.2 Å². The van der Waals surface area contributed by atoms with Gasteiger partial charge in [0.1, 0.15) is 16.8 Å². The number of hydrogen-bond acceptors (Lipinski definition) is 6. The fourth-order valence-electron chi connectivity index (χ4n) is 4.23. The molecule has 180 valence electrons. The summed E-state index contributed by atoms with van der Waals surface area (Å²) < 4.78 is 13.3. The number of nitrogens with zero attached hydrogens (tertiary/aromatic N) is 2. The molecule has 1 aromatic heterocycles. The first-order valence-corrected chi connectivity index (χ1v) is 12.0. The maximum absolute atomic E-state index is 13.3. The Labute approximate surface area is 206 Å². The summed E-state index contributed by atoms with van der Waals surface area (Å²) in [6.45, 7) is 0.462. The molecular formula is C26H24FN3O4S. The zero-order chi connectivity index (χ0) is 24.9. The zero-order valence-electron chi connectivity index (χ0n) is 18.7. The van der Waals surface area contributed by atoms with Crippen LogP contribution in [0.25, 0.3) is 11.1 Å². The van der Waals surface area contributed by atoms with E-state index in [1.165, 1.54) is 28.4 Å². The molecule has 1 fully saturated rings. The third kappa shape index (κ3) is 5.41. The predicted octanol–water partition coefficient (Wildman–Crippen LogP) is 3.13. The number of carbonyl (C=O) groups excluding carboxylic acids is 2. The van der Waals surface area contributed by atoms with E-state index in [-0.39, 0.29) is 18.4 Å². The Morgan fingerprint density at radius 3 is 2.51 bits per heavy atom. The molecule has 0 saturated carbocycles. The first-order chi connectivity index (χ1) is 16.9. The Morgan fingerprint density at radius 1 is 1.11 bits per heavy atom. The monoisotopic (exact) mass is 493 g/mol. The van der Waals surface area contributed by atoms with E-state index >= 15 is 0 Å². The summed E-state index contributed by atoms with van der Waals surface area (Å²) >= 11 is 1.36. The van der Waals surface area contributed by atoms with E-state index < -0.39 is 24.0 Å².